The second-order valence-corrected chi connectivity index (χ2v) is 10.8. The topological polar surface area (TPSA) is 78.1 Å². The minimum absolute atomic E-state index is 0.212. The second-order valence-electron chi connectivity index (χ2n) is 7.76. The molecule has 1 saturated heterocycles. The first-order chi connectivity index (χ1) is 14.4. The van der Waals surface area contributed by atoms with Crippen molar-refractivity contribution in [2.24, 2.45) is 5.92 Å². The monoisotopic (exact) mass is 448 g/mol. The van der Waals surface area contributed by atoms with E-state index in [0.29, 0.717) is 16.7 Å². The van der Waals surface area contributed by atoms with Crippen LogP contribution in [0.15, 0.2) is 46.7 Å². The molecule has 1 fully saturated rings. The Morgan fingerprint density at radius 2 is 2.03 bits per heavy atom. The zero-order valence-corrected chi connectivity index (χ0v) is 18.4. The van der Waals surface area contributed by atoms with Gasteiger partial charge >= 0.3 is 0 Å². The number of benzene rings is 1. The van der Waals surface area contributed by atoms with E-state index in [-0.39, 0.29) is 5.82 Å². The molecule has 6 nitrogen and oxygen atoms in total. The maximum Gasteiger partial charge on any atom is 0.250 e. The highest BCUT2D eigenvalue weighted by molar-refractivity contribution is 7.91. The lowest BCUT2D eigenvalue weighted by Gasteiger charge is -2.32. The van der Waals surface area contributed by atoms with Crippen molar-refractivity contribution in [1.82, 2.24) is 19.8 Å². The standard InChI is InChI=1S/C21H25FN4O2S2/c1-15-11-19(25-24-15)20-5-6-21(29-20)30(27,28)23-13-16-7-9-26(10-8-16)14-17-3-2-4-18(22)12-17/h2-6,11-12,16,23H,7-10,13-14H2,1H3,(H,24,25). The van der Waals surface area contributed by atoms with Gasteiger partial charge in [-0.3, -0.25) is 10.00 Å². The summed E-state index contributed by atoms with van der Waals surface area (Å²) >= 11 is 1.22. The Labute approximate surface area is 180 Å². The number of H-pyrrole nitrogens is 1. The third-order valence-corrected chi connectivity index (χ3v) is 8.39. The first-order valence-electron chi connectivity index (χ1n) is 9.98. The summed E-state index contributed by atoms with van der Waals surface area (Å²) in [4.78, 5) is 3.11. The zero-order valence-electron chi connectivity index (χ0n) is 16.8. The average Bonchev–Trinajstić information content (AvgIpc) is 3.37. The maximum atomic E-state index is 13.3. The van der Waals surface area contributed by atoms with Gasteiger partial charge in [-0.25, -0.2) is 17.5 Å². The summed E-state index contributed by atoms with van der Waals surface area (Å²) in [6, 6.07) is 12.0. The van der Waals surface area contributed by atoms with Gasteiger partial charge in [0.05, 0.1) is 4.88 Å². The van der Waals surface area contributed by atoms with Crippen LogP contribution in [0, 0.1) is 18.7 Å². The van der Waals surface area contributed by atoms with E-state index in [1.54, 1.807) is 24.3 Å². The zero-order chi connectivity index (χ0) is 21.1. The van der Waals surface area contributed by atoms with E-state index in [1.807, 2.05) is 19.1 Å². The number of hydrogen-bond donors (Lipinski definition) is 2. The molecule has 0 radical (unpaired) electrons. The van der Waals surface area contributed by atoms with Crippen molar-refractivity contribution >= 4 is 21.4 Å². The molecule has 0 unspecified atom stereocenters. The minimum atomic E-state index is -3.53. The van der Waals surface area contributed by atoms with Gasteiger partial charge < -0.3 is 0 Å². The minimum Gasteiger partial charge on any atom is -0.299 e. The Balaban J connectivity index is 1.28. The van der Waals surface area contributed by atoms with Crippen molar-refractivity contribution in [3.63, 3.8) is 0 Å². The molecule has 0 bridgehead atoms. The van der Waals surface area contributed by atoms with Crippen LogP contribution in [0.25, 0.3) is 10.6 Å². The van der Waals surface area contributed by atoms with Crippen LogP contribution in [-0.2, 0) is 16.6 Å². The number of rotatable bonds is 7. The molecule has 1 aromatic carbocycles. The Kier molecular flexibility index (Phi) is 6.33. The highest BCUT2D eigenvalue weighted by Gasteiger charge is 2.23. The largest absolute Gasteiger partial charge is 0.299 e. The van der Waals surface area contributed by atoms with Gasteiger partial charge in [-0.05, 0) is 74.7 Å². The fourth-order valence-corrected chi connectivity index (χ4v) is 6.11. The summed E-state index contributed by atoms with van der Waals surface area (Å²) in [5, 5.41) is 7.06. The fraction of sp³-hybridized carbons (Fsp3) is 0.381. The van der Waals surface area contributed by atoms with Gasteiger partial charge in [0.25, 0.3) is 0 Å². The molecule has 2 aromatic heterocycles. The molecule has 0 spiro atoms. The predicted molar refractivity (Wildman–Crippen MR) is 116 cm³/mol. The summed E-state index contributed by atoms with van der Waals surface area (Å²) < 4.78 is 41.8. The molecule has 0 amide bonds. The molecule has 30 heavy (non-hydrogen) atoms. The molecule has 2 N–H and O–H groups in total. The lowest BCUT2D eigenvalue weighted by atomic mass is 9.97. The van der Waals surface area contributed by atoms with Gasteiger partial charge in [0.15, 0.2) is 0 Å². The second kappa shape index (κ2) is 8.97. The van der Waals surface area contributed by atoms with Crippen LogP contribution < -0.4 is 4.72 Å². The van der Waals surface area contributed by atoms with Crippen LogP contribution in [0.3, 0.4) is 0 Å². The van der Waals surface area contributed by atoms with E-state index < -0.39 is 10.0 Å². The number of aromatic amines is 1. The summed E-state index contributed by atoms with van der Waals surface area (Å²) in [6.45, 7) is 4.83. The van der Waals surface area contributed by atoms with Gasteiger partial charge in [-0.15, -0.1) is 11.3 Å². The number of thiophene rings is 1. The van der Waals surface area contributed by atoms with Crippen molar-refractivity contribution in [1.29, 1.82) is 0 Å². The van der Waals surface area contributed by atoms with Crippen molar-refractivity contribution in [2.45, 2.75) is 30.5 Å². The fourth-order valence-electron chi connectivity index (χ4n) is 3.69. The number of sulfonamides is 1. The molecule has 4 rings (SSSR count). The van der Waals surface area contributed by atoms with Crippen molar-refractivity contribution in [3.05, 3.63) is 59.5 Å². The van der Waals surface area contributed by atoms with Crippen LogP contribution in [0.1, 0.15) is 24.1 Å². The Hall–Kier alpha value is -2.07. The molecule has 1 aliphatic heterocycles. The molecule has 1 aliphatic rings. The molecule has 160 valence electrons. The number of piperidine rings is 1. The quantitative estimate of drug-likeness (QED) is 0.577. The smallest absolute Gasteiger partial charge is 0.250 e. The van der Waals surface area contributed by atoms with Gasteiger partial charge in [-0.2, -0.15) is 5.10 Å². The van der Waals surface area contributed by atoms with Gasteiger partial charge in [-0.1, -0.05) is 12.1 Å². The lowest BCUT2D eigenvalue weighted by Crippen LogP contribution is -2.38. The highest BCUT2D eigenvalue weighted by atomic mass is 32.2. The predicted octanol–water partition coefficient (Wildman–Crippen LogP) is 3.78. The van der Waals surface area contributed by atoms with Gasteiger partial charge in [0, 0.05) is 18.8 Å². The molecule has 3 heterocycles. The van der Waals surface area contributed by atoms with E-state index in [4.69, 9.17) is 0 Å². The summed E-state index contributed by atoms with van der Waals surface area (Å²) in [7, 11) is -3.53. The number of likely N-dealkylation sites (tertiary alicyclic amines) is 1. The Bertz CT molecular complexity index is 1100. The van der Waals surface area contributed by atoms with Gasteiger partial charge in [0.2, 0.25) is 10.0 Å². The van der Waals surface area contributed by atoms with Crippen LogP contribution >= 0.6 is 11.3 Å². The van der Waals surface area contributed by atoms with Crippen molar-refractivity contribution in [2.75, 3.05) is 19.6 Å². The maximum absolute atomic E-state index is 13.3. The van der Waals surface area contributed by atoms with E-state index >= 15 is 0 Å². The first kappa shape index (κ1) is 21.2. The van der Waals surface area contributed by atoms with Crippen LogP contribution in [-0.4, -0.2) is 43.1 Å². The van der Waals surface area contributed by atoms with E-state index in [1.165, 1.54) is 17.4 Å². The molecule has 0 saturated carbocycles. The molecule has 0 atom stereocenters. The Morgan fingerprint density at radius 3 is 2.73 bits per heavy atom. The molecule has 0 aliphatic carbocycles. The van der Waals surface area contributed by atoms with Crippen LogP contribution in [0.5, 0.6) is 0 Å². The van der Waals surface area contributed by atoms with E-state index in [0.717, 1.165) is 54.3 Å². The SMILES string of the molecule is Cc1cc(-c2ccc(S(=O)(=O)NCC3CCN(Cc4cccc(F)c4)CC3)s2)n[nH]1. The third-order valence-electron chi connectivity index (χ3n) is 5.37. The highest BCUT2D eigenvalue weighted by Crippen LogP contribution is 2.30. The lowest BCUT2D eigenvalue weighted by molar-refractivity contribution is 0.178. The number of hydrogen-bond acceptors (Lipinski definition) is 5. The molecule has 9 heteroatoms. The summed E-state index contributed by atoms with van der Waals surface area (Å²) in [5.74, 6) is 0.0907. The van der Waals surface area contributed by atoms with E-state index in [9.17, 15) is 12.8 Å². The number of nitrogens with one attached hydrogen (secondary N) is 2. The van der Waals surface area contributed by atoms with E-state index in [2.05, 4.69) is 19.8 Å². The summed E-state index contributed by atoms with van der Waals surface area (Å²) in [5.41, 5.74) is 2.66. The van der Waals surface area contributed by atoms with Crippen LogP contribution in [0.2, 0.25) is 0 Å². The number of aromatic nitrogens is 2. The Morgan fingerprint density at radius 1 is 1.23 bits per heavy atom. The third kappa shape index (κ3) is 5.15. The molecule has 3 aromatic rings. The van der Waals surface area contributed by atoms with Crippen molar-refractivity contribution < 1.29 is 12.8 Å². The van der Waals surface area contributed by atoms with Crippen LogP contribution in [0.4, 0.5) is 4.39 Å². The normalized spacial score (nSPS) is 16.2. The first-order valence-corrected chi connectivity index (χ1v) is 12.3. The molecular weight excluding hydrogens is 423 g/mol. The molecular formula is C21H25FN4O2S2. The summed E-state index contributed by atoms with van der Waals surface area (Å²) in [6.07, 6.45) is 1.83. The number of halogens is 1. The van der Waals surface area contributed by atoms with Crippen molar-refractivity contribution in [3.8, 4) is 10.6 Å². The average molecular weight is 449 g/mol. The number of aryl methyl sites for hydroxylation is 1. The number of nitrogens with zero attached hydrogens (tertiary/aromatic N) is 2. The van der Waals surface area contributed by atoms with Gasteiger partial charge in [0.1, 0.15) is 15.7 Å².